The van der Waals surface area contributed by atoms with Gasteiger partial charge in [0.1, 0.15) is 0 Å². The zero-order valence-electron chi connectivity index (χ0n) is 7.26. The van der Waals surface area contributed by atoms with Crippen LogP contribution in [0.4, 0.5) is 5.69 Å². The first-order valence-corrected chi connectivity index (χ1v) is 4.62. The van der Waals surface area contributed by atoms with Crippen LogP contribution in [0.15, 0.2) is 18.2 Å². The first-order valence-electron chi connectivity index (χ1n) is 4.21. The molecule has 0 unspecified atom stereocenters. The van der Waals surface area contributed by atoms with E-state index in [-0.39, 0.29) is 5.78 Å². The fraction of sp³-hybridized carbons (Fsp3) is 0.200. The van der Waals surface area contributed by atoms with Gasteiger partial charge in [0.25, 0.3) is 0 Å². The van der Waals surface area contributed by atoms with Crippen LogP contribution in [0.3, 0.4) is 0 Å². The van der Waals surface area contributed by atoms with E-state index >= 15 is 0 Å². The normalized spacial score (nSPS) is 14.2. The lowest BCUT2D eigenvalue weighted by Gasteiger charge is -2.01. The fourth-order valence-corrected chi connectivity index (χ4v) is 1.77. The van der Waals surface area contributed by atoms with E-state index in [1.165, 1.54) is 0 Å². The maximum Gasteiger partial charge on any atom is 0.222 e. The highest BCUT2D eigenvalue weighted by Crippen LogP contribution is 2.26. The lowest BCUT2D eigenvalue weighted by atomic mass is 10.0. The summed E-state index contributed by atoms with van der Waals surface area (Å²) in [5.74, 6) is -0.0394. The first-order chi connectivity index (χ1) is 6.24. The minimum atomic E-state index is -0.0394. The predicted octanol–water partition coefficient (Wildman–Crippen LogP) is 2.18. The summed E-state index contributed by atoms with van der Waals surface area (Å²) >= 11 is 4.89. The van der Waals surface area contributed by atoms with E-state index in [4.69, 9.17) is 12.2 Å². The summed E-state index contributed by atoms with van der Waals surface area (Å²) < 4.78 is 0. The third-order valence-electron chi connectivity index (χ3n) is 2.21. The smallest absolute Gasteiger partial charge is 0.222 e. The molecular weight excluding hydrogens is 182 g/mol. The number of carbonyl (C=O) groups excluding carboxylic acids is 1. The number of nitrogens with one attached hydrogen (secondary N) is 1. The molecule has 0 saturated heterocycles. The average Bonchev–Trinajstić information content (AvgIpc) is 2.43. The summed E-state index contributed by atoms with van der Waals surface area (Å²) in [5, 5.41) is 2.90. The second kappa shape index (κ2) is 2.92. The molecule has 0 bridgehead atoms. The number of aryl methyl sites for hydroxylation is 1. The Morgan fingerprint density at radius 2 is 2.23 bits per heavy atom. The van der Waals surface area contributed by atoms with Gasteiger partial charge >= 0.3 is 0 Å². The van der Waals surface area contributed by atoms with E-state index < -0.39 is 0 Å². The summed E-state index contributed by atoms with van der Waals surface area (Å²) in [6.07, 6.45) is 0.860. The summed E-state index contributed by atoms with van der Waals surface area (Å²) in [6.45, 7) is 2.03. The number of rotatable bonds is 1. The van der Waals surface area contributed by atoms with E-state index in [1.54, 1.807) is 0 Å². The van der Waals surface area contributed by atoms with E-state index in [0.29, 0.717) is 4.99 Å². The zero-order chi connectivity index (χ0) is 9.42. The van der Waals surface area contributed by atoms with Crippen molar-refractivity contribution in [3.05, 3.63) is 29.3 Å². The van der Waals surface area contributed by atoms with Crippen molar-refractivity contribution in [2.45, 2.75) is 13.3 Å². The molecule has 1 N–H and O–H groups in total. The molecule has 0 spiro atoms. The van der Waals surface area contributed by atoms with Crippen molar-refractivity contribution in [1.29, 1.82) is 0 Å². The number of benzene rings is 1. The van der Waals surface area contributed by atoms with Crippen LogP contribution in [0.2, 0.25) is 0 Å². The van der Waals surface area contributed by atoms with Gasteiger partial charge in [0.2, 0.25) is 5.78 Å². The van der Waals surface area contributed by atoms with Crippen LogP contribution in [-0.2, 0) is 6.42 Å². The Morgan fingerprint density at radius 1 is 1.46 bits per heavy atom. The Bertz CT molecular complexity index is 398. The molecule has 3 heteroatoms. The maximum atomic E-state index is 11.6. The highest BCUT2D eigenvalue weighted by molar-refractivity contribution is 7.82. The van der Waals surface area contributed by atoms with Gasteiger partial charge in [-0.15, -0.1) is 0 Å². The largest absolute Gasteiger partial charge is 0.343 e. The van der Waals surface area contributed by atoms with Crippen LogP contribution in [-0.4, -0.2) is 10.8 Å². The van der Waals surface area contributed by atoms with Crippen molar-refractivity contribution < 1.29 is 4.79 Å². The van der Waals surface area contributed by atoms with Crippen LogP contribution >= 0.6 is 12.2 Å². The number of hydrogen-bond acceptors (Lipinski definition) is 2. The summed E-state index contributed by atoms with van der Waals surface area (Å²) in [7, 11) is 0. The Kier molecular flexibility index (Phi) is 1.88. The summed E-state index contributed by atoms with van der Waals surface area (Å²) in [4.78, 5) is 11.9. The molecule has 2 rings (SSSR count). The maximum absolute atomic E-state index is 11.6. The van der Waals surface area contributed by atoms with Gasteiger partial charge in [-0.1, -0.05) is 31.3 Å². The van der Waals surface area contributed by atoms with E-state index in [1.807, 2.05) is 25.1 Å². The first kappa shape index (κ1) is 8.38. The molecule has 1 aromatic rings. The van der Waals surface area contributed by atoms with E-state index in [0.717, 1.165) is 23.2 Å². The Morgan fingerprint density at radius 3 is 2.92 bits per heavy atom. The molecule has 1 heterocycles. The van der Waals surface area contributed by atoms with Crippen molar-refractivity contribution in [3.63, 3.8) is 0 Å². The predicted molar refractivity (Wildman–Crippen MR) is 56.4 cm³/mol. The molecule has 13 heavy (non-hydrogen) atoms. The zero-order valence-corrected chi connectivity index (χ0v) is 8.07. The van der Waals surface area contributed by atoms with Crippen molar-refractivity contribution in [2.75, 3.05) is 5.32 Å². The van der Waals surface area contributed by atoms with Crippen LogP contribution in [0, 0.1) is 0 Å². The number of thiocarbonyl (C=S) groups is 1. The minimum absolute atomic E-state index is 0.0394. The van der Waals surface area contributed by atoms with Gasteiger partial charge in [-0.3, -0.25) is 4.79 Å². The van der Waals surface area contributed by atoms with Gasteiger partial charge in [0.15, 0.2) is 4.99 Å². The highest BCUT2D eigenvalue weighted by atomic mass is 32.1. The second-order valence-corrected chi connectivity index (χ2v) is 3.38. The monoisotopic (exact) mass is 191 g/mol. The van der Waals surface area contributed by atoms with Crippen LogP contribution < -0.4 is 5.32 Å². The highest BCUT2D eigenvalue weighted by Gasteiger charge is 2.26. The fourth-order valence-electron chi connectivity index (χ4n) is 1.56. The molecule has 1 aliphatic rings. The second-order valence-electron chi connectivity index (χ2n) is 2.98. The van der Waals surface area contributed by atoms with Crippen LogP contribution in [0.1, 0.15) is 22.8 Å². The Balaban J connectivity index is 2.64. The Hall–Kier alpha value is -1.22. The van der Waals surface area contributed by atoms with Crippen LogP contribution in [0.25, 0.3) is 0 Å². The van der Waals surface area contributed by atoms with Gasteiger partial charge < -0.3 is 5.32 Å². The molecule has 66 valence electrons. The molecule has 0 aromatic heterocycles. The van der Waals surface area contributed by atoms with Gasteiger partial charge in [-0.05, 0) is 18.1 Å². The average molecular weight is 191 g/mol. The van der Waals surface area contributed by atoms with Gasteiger partial charge in [0.05, 0.1) is 11.3 Å². The summed E-state index contributed by atoms with van der Waals surface area (Å²) in [6, 6.07) is 5.78. The molecule has 0 amide bonds. The molecule has 0 aliphatic carbocycles. The SMILES string of the molecule is CCc1cccc2c1C(=O)C(=S)N2. The van der Waals surface area contributed by atoms with Crippen molar-refractivity contribution >= 4 is 28.7 Å². The number of fused-ring (bicyclic) bond motifs is 1. The topological polar surface area (TPSA) is 29.1 Å². The molecule has 0 fully saturated rings. The number of anilines is 1. The number of Topliss-reactive ketones (excluding diaryl/α,β-unsaturated/α-hetero) is 1. The minimum Gasteiger partial charge on any atom is -0.343 e. The van der Waals surface area contributed by atoms with Crippen molar-refractivity contribution in [2.24, 2.45) is 0 Å². The van der Waals surface area contributed by atoms with Crippen molar-refractivity contribution in [3.8, 4) is 0 Å². The molecule has 0 saturated carbocycles. The lowest BCUT2D eigenvalue weighted by molar-refractivity contribution is 0.107. The molecule has 0 atom stereocenters. The molecule has 1 aromatic carbocycles. The van der Waals surface area contributed by atoms with E-state index in [2.05, 4.69) is 5.32 Å². The van der Waals surface area contributed by atoms with E-state index in [9.17, 15) is 4.79 Å². The van der Waals surface area contributed by atoms with Crippen molar-refractivity contribution in [1.82, 2.24) is 0 Å². The van der Waals surface area contributed by atoms with Gasteiger partial charge in [-0.2, -0.15) is 0 Å². The third kappa shape index (κ3) is 1.16. The summed E-state index contributed by atoms with van der Waals surface area (Å²) in [5.41, 5.74) is 2.68. The standard InChI is InChI=1S/C10H9NOS/c1-2-6-4-3-5-7-8(6)9(12)10(13)11-7/h3-5H,2H2,1H3,(H,11,12,13). The Labute approximate surface area is 82.0 Å². The number of ketones is 1. The lowest BCUT2D eigenvalue weighted by Crippen LogP contribution is -2.10. The quantitative estimate of drug-likeness (QED) is 0.690. The third-order valence-corrected chi connectivity index (χ3v) is 2.50. The molecule has 2 nitrogen and oxygen atoms in total. The van der Waals surface area contributed by atoms with Gasteiger partial charge in [-0.25, -0.2) is 0 Å². The molecule has 0 radical (unpaired) electrons. The molecular formula is C10H9NOS. The number of hydrogen-bond donors (Lipinski definition) is 1. The van der Waals surface area contributed by atoms with Crippen LogP contribution in [0.5, 0.6) is 0 Å². The van der Waals surface area contributed by atoms with Gasteiger partial charge in [0, 0.05) is 0 Å². The molecule has 1 aliphatic heterocycles. The number of carbonyl (C=O) groups is 1.